The molecule has 1 amide bonds. The molecule has 108 valence electrons. The summed E-state index contributed by atoms with van der Waals surface area (Å²) in [5.41, 5.74) is 0. The van der Waals surface area contributed by atoms with Crippen molar-refractivity contribution in [2.24, 2.45) is 0 Å². The first kappa shape index (κ1) is 17.4. The van der Waals surface area contributed by atoms with Crippen LogP contribution in [-0.2, 0) is 4.79 Å². The van der Waals surface area contributed by atoms with E-state index in [4.69, 9.17) is 0 Å². The molecule has 0 radical (unpaired) electrons. The largest absolute Gasteiger partial charge is 0.359 e. The minimum absolute atomic E-state index is 0.142. The summed E-state index contributed by atoms with van der Waals surface area (Å²) in [4.78, 5) is 11.0. The molecule has 18 heavy (non-hydrogen) atoms. The van der Waals surface area contributed by atoms with Gasteiger partial charge in [0, 0.05) is 13.5 Å². The molecule has 0 aromatic rings. The maximum atomic E-state index is 11.0. The average Bonchev–Trinajstić information content (AvgIpc) is 2.39. The second-order valence-corrected chi connectivity index (χ2v) is 5.00. The van der Waals surface area contributed by atoms with Crippen LogP contribution in [0.4, 0.5) is 0 Å². The van der Waals surface area contributed by atoms with Crippen LogP contribution < -0.4 is 10.6 Å². The lowest BCUT2D eigenvalue weighted by Gasteiger charge is -2.04. The molecule has 0 spiro atoms. The topological polar surface area (TPSA) is 41.1 Å². The van der Waals surface area contributed by atoms with Crippen LogP contribution >= 0.6 is 0 Å². The first-order chi connectivity index (χ1) is 8.81. The predicted octanol–water partition coefficient (Wildman–Crippen LogP) is 3.24. The van der Waals surface area contributed by atoms with Crippen molar-refractivity contribution in [1.82, 2.24) is 10.6 Å². The molecule has 3 heteroatoms. The third-order valence-corrected chi connectivity index (χ3v) is 3.24. The van der Waals surface area contributed by atoms with Gasteiger partial charge in [-0.15, -0.1) is 0 Å². The van der Waals surface area contributed by atoms with Gasteiger partial charge in [-0.25, -0.2) is 0 Å². The summed E-state index contributed by atoms with van der Waals surface area (Å²) in [6.07, 6.45) is 12.5. The van der Waals surface area contributed by atoms with E-state index < -0.39 is 0 Å². The summed E-state index contributed by atoms with van der Waals surface area (Å²) in [7, 11) is 1.69. The van der Waals surface area contributed by atoms with E-state index in [1.54, 1.807) is 7.05 Å². The van der Waals surface area contributed by atoms with E-state index in [1.807, 2.05) is 0 Å². The zero-order chi connectivity index (χ0) is 13.5. The molecule has 0 saturated heterocycles. The van der Waals surface area contributed by atoms with Gasteiger partial charge in [-0.05, 0) is 25.9 Å². The zero-order valence-corrected chi connectivity index (χ0v) is 12.4. The third kappa shape index (κ3) is 13.5. The Hall–Kier alpha value is -0.570. The average molecular weight is 256 g/mol. The van der Waals surface area contributed by atoms with Crippen LogP contribution in [0.15, 0.2) is 0 Å². The fourth-order valence-electron chi connectivity index (χ4n) is 2.01. The maximum Gasteiger partial charge on any atom is 0.219 e. The Bertz CT molecular complexity index is 183. The van der Waals surface area contributed by atoms with Gasteiger partial charge in [0.25, 0.3) is 0 Å². The minimum Gasteiger partial charge on any atom is -0.359 e. The smallest absolute Gasteiger partial charge is 0.219 e. The predicted molar refractivity (Wildman–Crippen MR) is 78.8 cm³/mol. The number of rotatable bonds is 13. The first-order valence-electron chi connectivity index (χ1n) is 7.72. The molecular formula is C15H32N2O. The molecule has 0 rings (SSSR count). The standard InChI is InChI=1S/C15H32N2O/c1-3-4-5-6-7-8-9-10-13-17-14-11-12-15(18)16-2/h17H,3-14H2,1-2H3,(H,16,18). The second-order valence-electron chi connectivity index (χ2n) is 5.00. The molecule has 2 N–H and O–H groups in total. The molecule has 0 aliphatic carbocycles. The SMILES string of the molecule is CCCCCCCCCCNCCCC(=O)NC. The van der Waals surface area contributed by atoms with Gasteiger partial charge in [-0.2, -0.15) is 0 Å². The number of hydrogen-bond donors (Lipinski definition) is 2. The van der Waals surface area contributed by atoms with Crippen molar-refractivity contribution in [1.29, 1.82) is 0 Å². The molecule has 3 nitrogen and oxygen atoms in total. The summed E-state index contributed by atoms with van der Waals surface area (Å²) in [6, 6.07) is 0. The number of unbranched alkanes of at least 4 members (excludes halogenated alkanes) is 7. The van der Waals surface area contributed by atoms with E-state index >= 15 is 0 Å². The van der Waals surface area contributed by atoms with E-state index in [0.717, 1.165) is 19.5 Å². The Morgan fingerprint density at radius 3 is 2.00 bits per heavy atom. The van der Waals surface area contributed by atoms with Gasteiger partial charge in [0.15, 0.2) is 0 Å². The lowest BCUT2D eigenvalue weighted by Crippen LogP contribution is -2.21. The molecule has 0 heterocycles. The molecule has 0 atom stereocenters. The van der Waals surface area contributed by atoms with E-state index in [2.05, 4.69) is 17.6 Å². The monoisotopic (exact) mass is 256 g/mol. The number of amides is 1. The van der Waals surface area contributed by atoms with Crippen molar-refractivity contribution < 1.29 is 4.79 Å². The summed E-state index contributed by atoms with van der Waals surface area (Å²) in [6.45, 7) is 4.32. The van der Waals surface area contributed by atoms with Crippen molar-refractivity contribution in [3.05, 3.63) is 0 Å². The highest BCUT2D eigenvalue weighted by Crippen LogP contribution is 2.07. The molecular weight excluding hydrogens is 224 g/mol. The normalized spacial score (nSPS) is 10.6. The van der Waals surface area contributed by atoms with Crippen LogP contribution in [0.2, 0.25) is 0 Å². The Balaban J connectivity index is 2.97. The van der Waals surface area contributed by atoms with E-state index in [9.17, 15) is 4.79 Å². The molecule has 0 aliphatic rings. The highest BCUT2D eigenvalue weighted by Gasteiger charge is 1.96. The molecule has 0 saturated carbocycles. The van der Waals surface area contributed by atoms with Crippen molar-refractivity contribution >= 4 is 5.91 Å². The van der Waals surface area contributed by atoms with E-state index in [-0.39, 0.29) is 5.91 Å². The number of carbonyl (C=O) groups is 1. The van der Waals surface area contributed by atoms with Crippen molar-refractivity contribution in [2.75, 3.05) is 20.1 Å². The van der Waals surface area contributed by atoms with Crippen molar-refractivity contribution in [3.8, 4) is 0 Å². The van der Waals surface area contributed by atoms with Gasteiger partial charge in [-0.3, -0.25) is 4.79 Å². The highest BCUT2D eigenvalue weighted by atomic mass is 16.1. The molecule has 0 bridgehead atoms. The van der Waals surface area contributed by atoms with E-state index in [0.29, 0.717) is 6.42 Å². The summed E-state index contributed by atoms with van der Waals surface area (Å²) >= 11 is 0. The van der Waals surface area contributed by atoms with Crippen LogP contribution in [0.3, 0.4) is 0 Å². The van der Waals surface area contributed by atoms with Crippen LogP contribution in [0, 0.1) is 0 Å². The minimum atomic E-state index is 0.142. The van der Waals surface area contributed by atoms with E-state index in [1.165, 1.54) is 51.4 Å². The lowest BCUT2D eigenvalue weighted by atomic mass is 10.1. The molecule has 0 aliphatic heterocycles. The number of hydrogen-bond acceptors (Lipinski definition) is 2. The van der Waals surface area contributed by atoms with Gasteiger partial charge in [0.05, 0.1) is 0 Å². The zero-order valence-electron chi connectivity index (χ0n) is 12.4. The maximum absolute atomic E-state index is 11.0. The fourth-order valence-corrected chi connectivity index (χ4v) is 2.01. The lowest BCUT2D eigenvalue weighted by molar-refractivity contribution is -0.120. The quantitative estimate of drug-likeness (QED) is 0.497. The molecule has 0 unspecified atom stereocenters. The number of carbonyl (C=O) groups excluding carboxylic acids is 1. The summed E-state index contributed by atoms with van der Waals surface area (Å²) in [5.74, 6) is 0.142. The number of nitrogens with one attached hydrogen (secondary N) is 2. The van der Waals surface area contributed by atoms with Crippen molar-refractivity contribution in [2.45, 2.75) is 71.1 Å². The Labute approximate surface area is 113 Å². The van der Waals surface area contributed by atoms with Crippen LogP contribution in [-0.4, -0.2) is 26.0 Å². The summed E-state index contributed by atoms with van der Waals surface area (Å²) < 4.78 is 0. The fraction of sp³-hybridized carbons (Fsp3) is 0.933. The summed E-state index contributed by atoms with van der Waals surface area (Å²) in [5, 5.41) is 6.03. The van der Waals surface area contributed by atoms with Gasteiger partial charge in [0.2, 0.25) is 5.91 Å². The van der Waals surface area contributed by atoms with Crippen LogP contribution in [0.5, 0.6) is 0 Å². The highest BCUT2D eigenvalue weighted by molar-refractivity contribution is 5.75. The molecule has 0 aromatic heterocycles. The van der Waals surface area contributed by atoms with Crippen LogP contribution in [0.25, 0.3) is 0 Å². The van der Waals surface area contributed by atoms with Gasteiger partial charge >= 0.3 is 0 Å². The second kappa shape index (κ2) is 14.5. The Morgan fingerprint density at radius 2 is 1.39 bits per heavy atom. The Morgan fingerprint density at radius 1 is 0.833 bits per heavy atom. The van der Waals surface area contributed by atoms with Crippen LogP contribution in [0.1, 0.15) is 71.1 Å². The van der Waals surface area contributed by atoms with Gasteiger partial charge in [-0.1, -0.05) is 51.9 Å². The Kier molecular flexibility index (Phi) is 14.0. The van der Waals surface area contributed by atoms with Gasteiger partial charge < -0.3 is 10.6 Å². The first-order valence-corrected chi connectivity index (χ1v) is 7.72. The third-order valence-electron chi connectivity index (χ3n) is 3.24. The molecule has 0 aromatic carbocycles. The van der Waals surface area contributed by atoms with Crippen molar-refractivity contribution in [3.63, 3.8) is 0 Å². The molecule has 0 fully saturated rings. The van der Waals surface area contributed by atoms with Gasteiger partial charge in [0.1, 0.15) is 0 Å².